The number of piperazine rings is 1. The molecule has 2 aliphatic rings. The number of halogens is 1. The van der Waals surface area contributed by atoms with Gasteiger partial charge in [0, 0.05) is 70.0 Å². The van der Waals surface area contributed by atoms with Gasteiger partial charge in [-0.25, -0.2) is 15.0 Å². The molecule has 0 amide bonds. The van der Waals surface area contributed by atoms with Crippen molar-refractivity contribution in [3.05, 3.63) is 29.5 Å². The monoisotopic (exact) mass is 514 g/mol. The van der Waals surface area contributed by atoms with Crippen LogP contribution in [0.1, 0.15) is 18.5 Å². The largest absolute Gasteiger partial charge is 0.370 e. The molecule has 28 heavy (non-hydrogen) atoms. The van der Waals surface area contributed by atoms with Gasteiger partial charge in [-0.2, -0.15) is 0 Å². The molecule has 0 bridgehead atoms. The molecule has 2 fully saturated rings. The Labute approximate surface area is 186 Å². The number of nitrogens with two attached hydrogens (primary N) is 1. The first-order valence-electron chi connectivity index (χ1n) is 9.56. The lowest BCUT2D eigenvalue weighted by Crippen LogP contribution is -2.51. The van der Waals surface area contributed by atoms with E-state index in [2.05, 4.69) is 35.0 Å². The smallest absolute Gasteiger partial charge is 0.225 e. The van der Waals surface area contributed by atoms with Crippen molar-refractivity contribution in [2.24, 2.45) is 10.7 Å². The molecule has 0 radical (unpaired) electrons. The van der Waals surface area contributed by atoms with Gasteiger partial charge in [-0.05, 0) is 18.9 Å². The van der Waals surface area contributed by atoms with Crippen LogP contribution in [0.3, 0.4) is 0 Å². The highest BCUT2D eigenvalue weighted by Crippen LogP contribution is 2.24. The van der Waals surface area contributed by atoms with Crippen LogP contribution in [-0.2, 0) is 6.42 Å². The third-order valence-corrected chi connectivity index (χ3v) is 5.95. The van der Waals surface area contributed by atoms with Crippen molar-refractivity contribution in [1.82, 2.24) is 19.9 Å². The van der Waals surface area contributed by atoms with Gasteiger partial charge in [-0.3, -0.25) is 4.99 Å². The van der Waals surface area contributed by atoms with Crippen LogP contribution in [0.2, 0.25) is 0 Å². The maximum absolute atomic E-state index is 6.20. The second kappa shape index (κ2) is 10.2. The maximum atomic E-state index is 6.20. The minimum atomic E-state index is 0. The van der Waals surface area contributed by atoms with E-state index in [-0.39, 0.29) is 24.0 Å². The number of nitrogens with zero attached hydrogens (tertiary/aromatic N) is 7. The van der Waals surface area contributed by atoms with Crippen LogP contribution < -0.4 is 15.5 Å². The normalized spacial score (nSPS) is 17.7. The lowest BCUT2D eigenvalue weighted by Gasteiger charge is -2.35. The molecule has 2 aromatic heterocycles. The summed E-state index contributed by atoms with van der Waals surface area (Å²) in [5.74, 6) is 1.41. The van der Waals surface area contributed by atoms with Crippen LogP contribution in [-0.4, -0.2) is 71.6 Å². The quantitative estimate of drug-likeness (QED) is 0.370. The summed E-state index contributed by atoms with van der Waals surface area (Å²) in [6.45, 7) is 6.33. The van der Waals surface area contributed by atoms with Crippen molar-refractivity contribution in [2.75, 3.05) is 55.6 Å². The predicted molar refractivity (Wildman–Crippen MR) is 125 cm³/mol. The fourth-order valence-electron chi connectivity index (χ4n) is 3.44. The number of aromatic nitrogens is 3. The fraction of sp³-hybridized carbons (Fsp3) is 0.556. The van der Waals surface area contributed by atoms with Crippen molar-refractivity contribution < 1.29 is 0 Å². The van der Waals surface area contributed by atoms with Crippen LogP contribution in [0.4, 0.5) is 11.1 Å². The number of hydrogen-bond donors (Lipinski definition) is 1. The molecule has 152 valence electrons. The van der Waals surface area contributed by atoms with Gasteiger partial charge in [-0.1, -0.05) is 0 Å². The molecule has 0 unspecified atom stereocenters. The zero-order valence-electron chi connectivity index (χ0n) is 15.9. The molecule has 0 aliphatic carbocycles. The maximum Gasteiger partial charge on any atom is 0.225 e. The average Bonchev–Trinajstić information content (AvgIpc) is 3.40. The standard InChI is InChI=1S/C18H26N8S.HI/c19-16(24-10-12-25(13-11-24)17-21-5-3-6-22-17)20-7-4-15-14-27-18(23-15)26-8-1-2-9-26;/h3,5-6,14H,1-2,4,7-13H2,(H2,19,20);1H. The van der Waals surface area contributed by atoms with Gasteiger partial charge in [0.15, 0.2) is 11.1 Å². The Morgan fingerprint density at radius 2 is 1.75 bits per heavy atom. The van der Waals surface area contributed by atoms with Crippen molar-refractivity contribution in [2.45, 2.75) is 19.3 Å². The molecule has 10 heteroatoms. The van der Waals surface area contributed by atoms with Gasteiger partial charge in [0.25, 0.3) is 0 Å². The number of aliphatic imine (C=N–C) groups is 1. The van der Waals surface area contributed by atoms with Crippen LogP contribution in [0.25, 0.3) is 0 Å². The van der Waals surface area contributed by atoms with Gasteiger partial charge in [-0.15, -0.1) is 35.3 Å². The summed E-state index contributed by atoms with van der Waals surface area (Å²) >= 11 is 1.74. The SMILES string of the molecule is I.NC(=NCCc1csc(N2CCCC2)n1)N1CCN(c2ncccn2)CC1. The summed E-state index contributed by atoms with van der Waals surface area (Å²) in [5, 5.41) is 3.30. The predicted octanol–water partition coefficient (Wildman–Crippen LogP) is 1.83. The van der Waals surface area contributed by atoms with Crippen molar-refractivity contribution in [1.29, 1.82) is 0 Å². The van der Waals surface area contributed by atoms with E-state index in [1.165, 1.54) is 12.8 Å². The van der Waals surface area contributed by atoms with Crippen molar-refractivity contribution in [3.8, 4) is 0 Å². The zero-order valence-corrected chi connectivity index (χ0v) is 19.1. The first-order chi connectivity index (χ1) is 13.3. The Kier molecular flexibility index (Phi) is 7.65. The Morgan fingerprint density at radius 1 is 1.04 bits per heavy atom. The molecule has 0 aromatic carbocycles. The number of rotatable bonds is 5. The fourth-order valence-corrected chi connectivity index (χ4v) is 4.35. The summed E-state index contributed by atoms with van der Waals surface area (Å²) in [4.78, 5) is 24.6. The summed E-state index contributed by atoms with van der Waals surface area (Å²) in [6, 6.07) is 1.83. The molecular formula is C18H27IN8S. The van der Waals surface area contributed by atoms with Crippen LogP contribution in [0.5, 0.6) is 0 Å². The van der Waals surface area contributed by atoms with Crippen molar-refractivity contribution >= 4 is 52.4 Å². The molecule has 4 heterocycles. The van der Waals surface area contributed by atoms with E-state index in [0.29, 0.717) is 12.5 Å². The van der Waals surface area contributed by atoms with Gasteiger partial charge >= 0.3 is 0 Å². The highest BCUT2D eigenvalue weighted by atomic mass is 127. The Morgan fingerprint density at radius 3 is 2.46 bits per heavy atom. The van der Waals surface area contributed by atoms with Crippen LogP contribution in [0.15, 0.2) is 28.8 Å². The van der Waals surface area contributed by atoms with Gasteiger partial charge in [0.05, 0.1) is 5.69 Å². The van der Waals surface area contributed by atoms with Crippen LogP contribution >= 0.6 is 35.3 Å². The lowest BCUT2D eigenvalue weighted by molar-refractivity contribution is 0.378. The van der Waals surface area contributed by atoms with E-state index in [0.717, 1.165) is 62.5 Å². The third kappa shape index (κ3) is 5.22. The number of guanidine groups is 1. The molecule has 0 atom stereocenters. The summed E-state index contributed by atoms with van der Waals surface area (Å²) in [7, 11) is 0. The van der Waals surface area contributed by atoms with Gasteiger partial charge in [0.2, 0.25) is 5.95 Å². The van der Waals surface area contributed by atoms with E-state index < -0.39 is 0 Å². The molecule has 2 aliphatic heterocycles. The highest BCUT2D eigenvalue weighted by Gasteiger charge is 2.20. The summed E-state index contributed by atoms with van der Waals surface area (Å²) in [6.07, 6.45) is 6.94. The lowest BCUT2D eigenvalue weighted by atomic mass is 10.3. The van der Waals surface area contributed by atoms with E-state index >= 15 is 0 Å². The van der Waals surface area contributed by atoms with Gasteiger partial charge in [0.1, 0.15) is 0 Å². The molecule has 0 spiro atoms. The molecule has 4 rings (SSSR count). The second-order valence-corrected chi connectivity index (χ2v) is 7.66. The second-order valence-electron chi connectivity index (χ2n) is 6.83. The Balaban J connectivity index is 0.00000225. The molecule has 2 saturated heterocycles. The molecule has 0 saturated carbocycles. The minimum Gasteiger partial charge on any atom is -0.370 e. The molecule has 2 N–H and O–H groups in total. The first-order valence-corrected chi connectivity index (χ1v) is 10.4. The Bertz CT molecular complexity index is 754. The molecule has 2 aromatic rings. The van der Waals surface area contributed by atoms with E-state index in [1.54, 1.807) is 23.7 Å². The average molecular weight is 514 g/mol. The number of thiazole rings is 1. The van der Waals surface area contributed by atoms with E-state index in [4.69, 9.17) is 10.7 Å². The third-order valence-electron chi connectivity index (χ3n) is 5.00. The molecular weight excluding hydrogens is 487 g/mol. The molecule has 8 nitrogen and oxygen atoms in total. The van der Waals surface area contributed by atoms with Crippen LogP contribution in [0, 0.1) is 0 Å². The van der Waals surface area contributed by atoms with E-state index in [9.17, 15) is 0 Å². The summed E-state index contributed by atoms with van der Waals surface area (Å²) in [5.41, 5.74) is 7.32. The van der Waals surface area contributed by atoms with Gasteiger partial charge < -0.3 is 20.4 Å². The topological polar surface area (TPSA) is 86.8 Å². The van der Waals surface area contributed by atoms with E-state index in [1.807, 2.05) is 6.07 Å². The Hall–Kier alpha value is -1.69. The number of anilines is 2. The minimum absolute atomic E-state index is 0. The zero-order chi connectivity index (χ0) is 18.5. The number of hydrogen-bond acceptors (Lipinski definition) is 7. The highest BCUT2D eigenvalue weighted by molar-refractivity contribution is 14.0. The summed E-state index contributed by atoms with van der Waals surface area (Å²) < 4.78 is 0. The van der Waals surface area contributed by atoms with Crippen molar-refractivity contribution in [3.63, 3.8) is 0 Å². The first kappa shape index (κ1) is 21.0.